The minimum Gasteiger partial charge on any atom is -0.378 e. The Balaban J connectivity index is 1.83. The van der Waals surface area contributed by atoms with Crippen LogP contribution in [0.5, 0.6) is 0 Å². The molecule has 4 nitrogen and oxygen atoms in total. The predicted molar refractivity (Wildman–Crippen MR) is 90.9 cm³/mol. The van der Waals surface area contributed by atoms with E-state index in [9.17, 15) is 0 Å². The molecule has 0 bridgehead atoms. The van der Waals surface area contributed by atoms with Crippen molar-refractivity contribution in [1.82, 2.24) is 4.90 Å². The van der Waals surface area contributed by atoms with Crippen LogP contribution in [-0.2, 0) is 6.42 Å². The molecule has 4 heteroatoms. The molecule has 21 heavy (non-hydrogen) atoms. The first-order valence-corrected chi connectivity index (χ1v) is 7.87. The highest BCUT2D eigenvalue weighted by Gasteiger charge is 2.17. The number of anilines is 1. The Bertz CT molecular complexity index is 464. The Kier molecular flexibility index (Phi) is 5.48. The van der Waals surface area contributed by atoms with Crippen LogP contribution in [0.15, 0.2) is 29.3 Å². The van der Waals surface area contributed by atoms with Gasteiger partial charge in [0.25, 0.3) is 0 Å². The van der Waals surface area contributed by atoms with Crippen molar-refractivity contribution in [3.63, 3.8) is 0 Å². The molecule has 2 rings (SSSR count). The summed E-state index contributed by atoms with van der Waals surface area (Å²) in [4.78, 5) is 8.88. The average molecular weight is 288 g/mol. The van der Waals surface area contributed by atoms with Gasteiger partial charge in [0, 0.05) is 39.4 Å². The highest BCUT2D eigenvalue weighted by atomic mass is 15.3. The lowest BCUT2D eigenvalue weighted by Gasteiger charge is -2.31. The first-order valence-electron chi connectivity index (χ1n) is 7.87. The molecule has 1 aliphatic heterocycles. The standard InChI is InChI=1S/C17H28N4/c1-14-5-4-12-21(13-14)17(18)19-11-10-15-6-8-16(9-7-15)20(2)3/h6-9,14H,4-5,10-13H2,1-3H3,(H2,18,19). The molecule has 0 aliphatic carbocycles. The van der Waals surface area contributed by atoms with Crippen LogP contribution in [0.2, 0.25) is 0 Å². The summed E-state index contributed by atoms with van der Waals surface area (Å²) in [6.45, 7) is 5.15. The van der Waals surface area contributed by atoms with E-state index in [-0.39, 0.29) is 0 Å². The maximum atomic E-state index is 6.11. The maximum Gasteiger partial charge on any atom is 0.191 e. The Labute approximate surface area is 128 Å². The van der Waals surface area contributed by atoms with E-state index in [0.29, 0.717) is 5.96 Å². The number of hydrogen-bond donors (Lipinski definition) is 1. The normalized spacial score (nSPS) is 19.7. The summed E-state index contributed by atoms with van der Waals surface area (Å²) in [5.74, 6) is 1.44. The second kappa shape index (κ2) is 7.34. The molecule has 1 fully saturated rings. The van der Waals surface area contributed by atoms with E-state index in [1.807, 2.05) is 0 Å². The lowest BCUT2D eigenvalue weighted by Crippen LogP contribution is -2.43. The average Bonchev–Trinajstić information content (AvgIpc) is 2.47. The molecular weight excluding hydrogens is 260 g/mol. The molecule has 0 saturated carbocycles. The lowest BCUT2D eigenvalue weighted by molar-refractivity contribution is 0.270. The molecular formula is C17H28N4. The summed E-state index contributed by atoms with van der Waals surface area (Å²) in [6, 6.07) is 8.64. The van der Waals surface area contributed by atoms with Gasteiger partial charge in [-0.15, -0.1) is 0 Å². The molecule has 2 N–H and O–H groups in total. The van der Waals surface area contributed by atoms with Crippen LogP contribution in [-0.4, -0.2) is 44.6 Å². The van der Waals surface area contributed by atoms with E-state index in [2.05, 4.69) is 60.1 Å². The minimum absolute atomic E-state index is 0.714. The van der Waals surface area contributed by atoms with Crippen molar-refractivity contribution in [2.75, 3.05) is 38.6 Å². The zero-order valence-electron chi connectivity index (χ0n) is 13.5. The van der Waals surface area contributed by atoms with E-state index in [1.54, 1.807) is 0 Å². The van der Waals surface area contributed by atoms with Crippen molar-refractivity contribution in [1.29, 1.82) is 0 Å². The molecule has 1 aromatic carbocycles. The number of guanidine groups is 1. The molecule has 1 unspecified atom stereocenters. The van der Waals surface area contributed by atoms with Gasteiger partial charge in [-0.25, -0.2) is 0 Å². The quantitative estimate of drug-likeness (QED) is 0.683. The smallest absolute Gasteiger partial charge is 0.191 e. The first kappa shape index (κ1) is 15.7. The predicted octanol–water partition coefficient (Wildman–Crippen LogP) is 2.34. The van der Waals surface area contributed by atoms with Crippen molar-refractivity contribution in [2.45, 2.75) is 26.2 Å². The fourth-order valence-electron chi connectivity index (χ4n) is 2.76. The van der Waals surface area contributed by atoms with Crippen LogP contribution in [0.3, 0.4) is 0 Å². The molecule has 116 valence electrons. The minimum atomic E-state index is 0.714. The van der Waals surface area contributed by atoms with E-state index >= 15 is 0 Å². The Morgan fingerprint density at radius 3 is 2.67 bits per heavy atom. The van der Waals surface area contributed by atoms with Gasteiger partial charge in [0.05, 0.1) is 0 Å². The third kappa shape index (κ3) is 4.66. The lowest BCUT2D eigenvalue weighted by atomic mass is 10.0. The highest BCUT2D eigenvalue weighted by Crippen LogP contribution is 2.15. The maximum absolute atomic E-state index is 6.11. The van der Waals surface area contributed by atoms with E-state index in [4.69, 9.17) is 5.73 Å². The van der Waals surface area contributed by atoms with Gasteiger partial charge in [-0.1, -0.05) is 19.1 Å². The topological polar surface area (TPSA) is 44.9 Å². The largest absolute Gasteiger partial charge is 0.378 e. The Hall–Kier alpha value is -1.71. The number of hydrogen-bond acceptors (Lipinski definition) is 2. The van der Waals surface area contributed by atoms with Crippen LogP contribution >= 0.6 is 0 Å². The van der Waals surface area contributed by atoms with Crippen LogP contribution in [0, 0.1) is 5.92 Å². The van der Waals surface area contributed by atoms with Gasteiger partial charge in [0.2, 0.25) is 0 Å². The summed E-state index contributed by atoms with van der Waals surface area (Å²) >= 11 is 0. The van der Waals surface area contributed by atoms with Crippen molar-refractivity contribution < 1.29 is 0 Å². The van der Waals surface area contributed by atoms with Gasteiger partial charge >= 0.3 is 0 Å². The van der Waals surface area contributed by atoms with E-state index < -0.39 is 0 Å². The van der Waals surface area contributed by atoms with Crippen LogP contribution in [0.1, 0.15) is 25.3 Å². The zero-order chi connectivity index (χ0) is 15.2. The van der Waals surface area contributed by atoms with Gasteiger partial charge in [-0.3, -0.25) is 4.99 Å². The molecule has 1 atom stereocenters. The zero-order valence-corrected chi connectivity index (χ0v) is 13.5. The number of benzene rings is 1. The second-order valence-corrected chi connectivity index (χ2v) is 6.24. The van der Waals surface area contributed by atoms with E-state index in [1.165, 1.54) is 24.1 Å². The number of aliphatic imine (C=N–C) groups is 1. The van der Waals surface area contributed by atoms with Crippen molar-refractivity contribution in [2.24, 2.45) is 16.6 Å². The van der Waals surface area contributed by atoms with Crippen molar-refractivity contribution in [3.8, 4) is 0 Å². The molecule has 1 aromatic rings. The number of piperidine rings is 1. The fraction of sp³-hybridized carbons (Fsp3) is 0.588. The van der Waals surface area contributed by atoms with Gasteiger partial charge in [0.1, 0.15) is 0 Å². The molecule has 0 spiro atoms. The summed E-state index contributed by atoms with van der Waals surface area (Å²) in [6.07, 6.45) is 3.48. The fourth-order valence-corrected chi connectivity index (χ4v) is 2.76. The number of nitrogens with two attached hydrogens (primary N) is 1. The summed E-state index contributed by atoms with van der Waals surface area (Å²) in [5.41, 5.74) is 8.64. The van der Waals surface area contributed by atoms with E-state index in [0.717, 1.165) is 32.0 Å². The number of rotatable bonds is 4. The van der Waals surface area contributed by atoms with Gasteiger partial charge < -0.3 is 15.5 Å². The molecule has 0 aromatic heterocycles. The molecule has 0 amide bonds. The number of nitrogens with zero attached hydrogens (tertiary/aromatic N) is 3. The second-order valence-electron chi connectivity index (χ2n) is 6.24. The Morgan fingerprint density at radius 1 is 1.33 bits per heavy atom. The van der Waals surface area contributed by atoms with Crippen LogP contribution < -0.4 is 10.6 Å². The van der Waals surface area contributed by atoms with Gasteiger partial charge in [0.15, 0.2) is 5.96 Å². The Morgan fingerprint density at radius 2 is 2.05 bits per heavy atom. The van der Waals surface area contributed by atoms with Gasteiger partial charge in [-0.05, 0) is 42.9 Å². The molecule has 0 radical (unpaired) electrons. The SMILES string of the molecule is CC1CCCN(C(N)=NCCc2ccc(N(C)C)cc2)C1. The third-order valence-corrected chi connectivity index (χ3v) is 4.11. The van der Waals surface area contributed by atoms with Crippen molar-refractivity contribution >= 4 is 11.6 Å². The van der Waals surface area contributed by atoms with Crippen LogP contribution in [0.4, 0.5) is 5.69 Å². The van der Waals surface area contributed by atoms with Crippen molar-refractivity contribution in [3.05, 3.63) is 29.8 Å². The molecule has 1 aliphatic rings. The summed E-state index contributed by atoms with van der Waals surface area (Å²) < 4.78 is 0. The highest BCUT2D eigenvalue weighted by molar-refractivity contribution is 5.78. The summed E-state index contributed by atoms with van der Waals surface area (Å²) in [7, 11) is 4.11. The van der Waals surface area contributed by atoms with Gasteiger partial charge in [-0.2, -0.15) is 0 Å². The molecule has 1 heterocycles. The third-order valence-electron chi connectivity index (χ3n) is 4.11. The monoisotopic (exact) mass is 288 g/mol. The molecule has 1 saturated heterocycles. The first-order chi connectivity index (χ1) is 10.1. The summed E-state index contributed by atoms with van der Waals surface area (Å²) in [5, 5.41) is 0. The van der Waals surface area contributed by atoms with Crippen LogP contribution in [0.25, 0.3) is 0 Å². The number of likely N-dealkylation sites (tertiary alicyclic amines) is 1.